The molecule has 2 aromatic carbocycles. The van der Waals surface area contributed by atoms with Crippen LogP contribution in [-0.4, -0.2) is 12.8 Å². The van der Waals surface area contributed by atoms with E-state index in [-0.39, 0.29) is 5.82 Å². The molecule has 0 saturated heterocycles. The van der Waals surface area contributed by atoms with Crippen LogP contribution in [0.15, 0.2) is 36.4 Å². The number of aldehydes is 1. The van der Waals surface area contributed by atoms with E-state index in [1.54, 1.807) is 12.1 Å². The van der Waals surface area contributed by atoms with Gasteiger partial charge in [-0.25, -0.2) is 4.39 Å². The van der Waals surface area contributed by atoms with E-state index >= 15 is 0 Å². The molecule has 4 heteroatoms. The van der Waals surface area contributed by atoms with Gasteiger partial charge >= 0.3 is 0 Å². The number of aryl methyl sites for hydroxylation is 2. The molecule has 2 aromatic rings. The fourth-order valence-electron chi connectivity index (χ4n) is 2.90. The summed E-state index contributed by atoms with van der Waals surface area (Å²) in [6, 6.07) is 11.0. The number of benzene rings is 2. The Balaban J connectivity index is 1.69. The number of hydrogen-bond donors (Lipinski definition) is 1. The summed E-state index contributed by atoms with van der Waals surface area (Å²) in [6.45, 7) is 1.38. The Labute approximate surface area is 135 Å². The van der Waals surface area contributed by atoms with Gasteiger partial charge in [0, 0.05) is 30.3 Å². The number of ether oxygens (including phenoxy) is 1. The molecule has 0 fully saturated rings. The average Bonchev–Trinajstić information content (AvgIpc) is 2.59. The van der Waals surface area contributed by atoms with Crippen LogP contribution < -0.4 is 10.1 Å². The molecule has 3 nitrogen and oxygen atoms in total. The molecule has 120 valence electrons. The number of hydrogen-bond acceptors (Lipinski definition) is 3. The van der Waals surface area contributed by atoms with Gasteiger partial charge in [-0.2, -0.15) is 0 Å². The smallest absolute Gasteiger partial charge is 0.130 e. The average molecular weight is 313 g/mol. The van der Waals surface area contributed by atoms with Gasteiger partial charge < -0.3 is 14.8 Å². The van der Waals surface area contributed by atoms with Crippen molar-refractivity contribution in [1.82, 2.24) is 0 Å². The van der Waals surface area contributed by atoms with E-state index in [0.29, 0.717) is 30.8 Å². The second kappa shape index (κ2) is 7.27. The molecule has 0 radical (unpaired) electrons. The Morgan fingerprint density at radius 3 is 2.96 bits per heavy atom. The molecule has 1 aliphatic rings. The lowest BCUT2D eigenvalue weighted by Gasteiger charge is -2.21. The molecule has 0 aliphatic carbocycles. The first-order valence-electron chi connectivity index (χ1n) is 7.97. The van der Waals surface area contributed by atoms with Gasteiger partial charge in [0.15, 0.2) is 0 Å². The van der Waals surface area contributed by atoms with Crippen LogP contribution in [0.25, 0.3) is 0 Å². The van der Waals surface area contributed by atoms with E-state index in [9.17, 15) is 9.18 Å². The summed E-state index contributed by atoms with van der Waals surface area (Å²) in [5, 5.41) is 3.42. The van der Waals surface area contributed by atoms with E-state index in [0.717, 1.165) is 36.9 Å². The van der Waals surface area contributed by atoms with Crippen LogP contribution in [0.4, 0.5) is 10.1 Å². The van der Waals surface area contributed by atoms with Gasteiger partial charge in [-0.3, -0.25) is 0 Å². The first-order valence-corrected chi connectivity index (χ1v) is 7.97. The molecular formula is C19H20FNO2. The molecule has 23 heavy (non-hydrogen) atoms. The Morgan fingerprint density at radius 2 is 2.13 bits per heavy atom. The van der Waals surface area contributed by atoms with E-state index < -0.39 is 0 Å². The van der Waals surface area contributed by atoms with Crippen molar-refractivity contribution in [2.75, 3.05) is 11.9 Å². The predicted octanol–water partition coefficient (Wildman–Crippen LogP) is 3.89. The van der Waals surface area contributed by atoms with Crippen LogP contribution in [0, 0.1) is 5.82 Å². The topological polar surface area (TPSA) is 38.3 Å². The summed E-state index contributed by atoms with van der Waals surface area (Å²) in [5.41, 5.74) is 4.10. The first kappa shape index (κ1) is 15.5. The number of carbonyl (C=O) groups is 1. The van der Waals surface area contributed by atoms with E-state index in [2.05, 4.69) is 11.4 Å². The fraction of sp³-hybridized carbons (Fsp3) is 0.316. The van der Waals surface area contributed by atoms with Gasteiger partial charge in [0.1, 0.15) is 24.5 Å². The van der Waals surface area contributed by atoms with Crippen LogP contribution >= 0.6 is 0 Å². The first-order chi connectivity index (χ1) is 11.3. The quantitative estimate of drug-likeness (QED) is 0.822. The van der Waals surface area contributed by atoms with Gasteiger partial charge in [0.25, 0.3) is 0 Å². The number of anilines is 1. The minimum Gasteiger partial charge on any atom is -0.489 e. The number of carbonyl (C=O) groups excluding carboxylic acids is 1. The van der Waals surface area contributed by atoms with E-state index in [4.69, 9.17) is 4.74 Å². The maximum absolute atomic E-state index is 14.0. The number of para-hydroxylation sites is 1. The zero-order valence-corrected chi connectivity index (χ0v) is 13.0. The zero-order chi connectivity index (χ0) is 16.1. The number of halogens is 1. The highest BCUT2D eigenvalue weighted by Crippen LogP contribution is 2.27. The molecule has 0 unspecified atom stereocenters. The summed E-state index contributed by atoms with van der Waals surface area (Å²) in [6.07, 6.45) is 3.78. The van der Waals surface area contributed by atoms with Crippen molar-refractivity contribution < 1.29 is 13.9 Å². The SMILES string of the molecule is O=CCCc1ccc(OCc2cccc3c2NCCC3)cc1F. The van der Waals surface area contributed by atoms with Crippen molar-refractivity contribution in [2.24, 2.45) is 0 Å². The van der Waals surface area contributed by atoms with Crippen LogP contribution in [0.3, 0.4) is 0 Å². The second-order valence-corrected chi connectivity index (χ2v) is 5.73. The van der Waals surface area contributed by atoms with E-state index in [1.807, 2.05) is 12.1 Å². The highest BCUT2D eigenvalue weighted by molar-refractivity contribution is 5.59. The lowest BCUT2D eigenvalue weighted by atomic mass is 10.00. The number of fused-ring (bicyclic) bond motifs is 1. The Morgan fingerprint density at radius 1 is 1.22 bits per heavy atom. The molecule has 3 rings (SSSR count). The molecule has 0 bridgehead atoms. The van der Waals surface area contributed by atoms with Gasteiger partial charge in [-0.15, -0.1) is 0 Å². The highest BCUT2D eigenvalue weighted by atomic mass is 19.1. The molecule has 1 N–H and O–H groups in total. The molecule has 1 heterocycles. The van der Waals surface area contributed by atoms with Crippen molar-refractivity contribution >= 4 is 12.0 Å². The van der Waals surface area contributed by atoms with Gasteiger partial charge in [0.05, 0.1) is 0 Å². The molecule has 0 saturated carbocycles. The van der Waals surface area contributed by atoms with Gasteiger partial charge in [0.2, 0.25) is 0 Å². The predicted molar refractivity (Wildman–Crippen MR) is 88.4 cm³/mol. The monoisotopic (exact) mass is 313 g/mol. The maximum Gasteiger partial charge on any atom is 0.130 e. The minimum atomic E-state index is -0.322. The minimum absolute atomic E-state index is 0.322. The largest absolute Gasteiger partial charge is 0.489 e. The third-order valence-electron chi connectivity index (χ3n) is 4.11. The number of nitrogens with one attached hydrogen (secondary N) is 1. The third kappa shape index (κ3) is 3.70. The lowest BCUT2D eigenvalue weighted by molar-refractivity contribution is -0.107. The lowest BCUT2D eigenvalue weighted by Crippen LogP contribution is -2.14. The summed E-state index contributed by atoms with van der Waals surface area (Å²) < 4.78 is 19.7. The second-order valence-electron chi connectivity index (χ2n) is 5.73. The maximum atomic E-state index is 14.0. The summed E-state index contributed by atoms with van der Waals surface area (Å²) in [4.78, 5) is 10.4. The highest BCUT2D eigenvalue weighted by Gasteiger charge is 2.13. The molecule has 0 aromatic heterocycles. The Hall–Kier alpha value is -2.36. The van der Waals surface area contributed by atoms with E-state index in [1.165, 1.54) is 11.6 Å². The standard InChI is InChI=1S/C19H20FNO2/c20-18-12-17(9-8-14(18)7-3-11-22)23-13-16-5-1-4-15-6-2-10-21-19(15)16/h1,4-5,8-9,11-12,21H,2-3,6-7,10,13H2. The van der Waals surface area contributed by atoms with Crippen LogP contribution in [0.1, 0.15) is 29.5 Å². The zero-order valence-electron chi connectivity index (χ0n) is 13.0. The van der Waals surface area contributed by atoms with Crippen molar-refractivity contribution in [2.45, 2.75) is 32.3 Å². The van der Waals surface area contributed by atoms with Crippen molar-refractivity contribution in [3.63, 3.8) is 0 Å². The molecule has 0 spiro atoms. The Kier molecular flexibility index (Phi) is 4.91. The van der Waals surface area contributed by atoms with Gasteiger partial charge in [-0.1, -0.05) is 24.3 Å². The molecule has 0 atom stereocenters. The van der Waals surface area contributed by atoms with Crippen LogP contribution in [0.5, 0.6) is 5.75 Å². The van der Waals surface area contributed by atoms with Crippen molar-refractivity contribution in [1.29, 1.82) is 0 Å². The summed E-state index contributed by atoms with van der Waals surface area (Å²) in [7, 11) is 0. The van der Waals surface area contributed by atoms with Crippen LogP contribution in [-0.2, 0) is 24.2 Å². The van der Waals surface area contributed by atoms with Crippen LogP contribution in [0.2, 0.25) is 0 Å². The fourth-order valence-corrected chi connectivity index (χ4v) is 2.90. The molecule has 0 amide bonds. The Bertz CT molecular complexity index is 700. The van der Waals surface area contributed by atoms with Crippen molar-refractivity contribution in [3.8, 4) is 5.75 Å². The molecule has 1 aliphatic heterocycles. The van der Waals surface area contributed by atoms with Crippen molar-refractivity contribution in [3.05, 3.63) is 58.9 Å². The normalized spacial score (nSPS) is 13.1. The third-order valence-corrected chi connectivity index (χ3v) is 4.11. The van der Waals surface area contributed by atoms with Gasteiger partial charge in [-0.05, 0) is 36.5 Å². The number of rotatable bonds is 6. The molecular weight excluding hydrogens is 293 g/mol. The summed E-state index contributed by atoms with van der Waals surface area (Å²) >= 11 is 0. The summed E-state index contributed by atoms with van der Waals surface area (Å²) in [5.74, 6) is 0.184.